The van der Waals surface area contributed by atoms with Gasteiger partial charge in [0.15, 0.2) is 0 Å². The van der Waals surface area contributed by atoms with Crippen molar-refractivity contribution in [2.75, 3.05) is 13.7 Å². The molecule has 0 heterocycles. The fourth-order valence-electron chi connectivity index (χ4n) is 1.37. The van der Waals surface area contributed by atoms with Crippen molar-refractivity contribution in [1.29, 1.82) is 0 Å². The molecule has 1 aromatic rings. The molecule has 3 heteroatoms. The van der Waals surface area contributed by atoms with Crippen LogP contribution in [0.3, 0.4) is 0 Å². The molecule has 0 aromatic heterocycles. The van der Waals surface area contributed by atoms with Crippen LogP contribution in [0.1, 0.15) is 25.8 Å². The number of benzene rings is 1. The van der Waals surface area contributed by atoms with Gasteiger partial charge in [0.1, 0.15) is 11.6 Å². The minimum atomic E-state index is -0.244. The van der Waals surface area contributed by atoms with Crippen LogP contribution in [0, 0.1) is 11.7 Å². The molecule has 2 nitrogen and oxygen atoms in total. The summed E-state index contributed by atoms with van der Waals surface area (Å²) in [6.07, 6.45) is 1.07. The van der Waals surface area contributed by atoms with Gasteiger partial charge >= 0.3 is 0 Å². The highest BCUT2D eigenvalue weighted by Gasteiger charge is 2.04. The van der Waals surface area contributed by atoms with Gasteiger partial charge in [0.05, 0.1) is 6.61 Å². The first-order valence-electron chi connectivity index (χ1n) is 5.72. The van der Waals surface area contributed by atoms with Crippen LogP contribution in [0.5, 0.6) is 5.75 Å². The number of nitrogens with one attached hydrogen (secondary N) is 1. The molecule has 0 aliphatic heterocycles. The van der Waals surface area contributed by atoms with Crippen molar-refractivity contribution in [3.63, 3.8) is 0 Å². The zero-order chi connectivity index (χ0) is 12.0. The van der Waals surface area contributed by atoms with Gasteiger partial charge in [-0.1, -0.05) is 20.3 Å². The van der Waals surface area contributed by atoms with Gasteiger partial charge in [0, 0.05) is 12.6 Å². The quantitative estimate of drug-likeness (QED) is 0.803. The number of hydrogen-bond acceptors (Lipinski definition) is 2. The largest absolute Gasteiger partial charge is 0.493 e. The van der Waals surface area contributed by atoms with Crippen LogP contribution in [-0.2, 0) is 6.54 Å². The van der Waals surface area contributed by atoms with Crippen molar-refractivity contribution in [2.24, 2.45) is 5.92 Å². The van der Waals surface area contributed by atoms with E-state index in [0.29, 0.717) is 24.8 Å². The molecule has 16 heavy (non-hydrogen) atoms. The Hall–Kier alpha value is -1.09. The van der Waals surface area contributed by atoms with E-state index >= 15 is 0 Å². The first kappa shape index (κ1) is 13.0. The van der Waals surface area contributed by atoms with E-state index in [1.165, 1.54) is 12.1 Å². The molecule has 0 fully saturated rings. The van der Waals surface area contributed by atoms with Crippen LogP contribution in [-0.4, -0.2) is 13.7 Å². The molecule has 1 atom stereocenters. The first-order valence-corrected chi connectivity index (χ1v) is 5.72. The van der Waals surface area contributed by atoms with Gasteiger partial charge in [0.25, 0.3) is 0 Å². The fourth-order valence-corrected chi connectivity index (χ4v) is 1.37. The SMILES string of the molecule is CCC(C)COc1cc(F)cc(CNC)c1. The monoisotopic (exact) mass is 225 g/mol. The maximum Gasteiger partial charge on any atom is 0.127 e. The van der Waals surface area contributed by atoms with Crippen LogP contribution in [0.15, 0.2) is 18.2 Å². The fraction of sp³-hybridized carbons (Fsp3) is 0.538. The molecule has 0 spiro atoms. The van der Waals surface area contributed by atoms with Crippen molar-refractivity contribution in [2.45, 2.75) is 26.8 Å². The number of hydrogen-bond donors (Lipinski definition) is 1. The van der Waals surface area contributed by atoms with Gasteiger partial charge < -0.3 is 10.1 Å². The Balaban J connectivity index is 2.64. The standard InChI is InChI=1S/C13H20FNO/c1-4-10(2)9-16-13-6-11(8-15-3)5-12(14)7-13/h5-7,10,15H,4,8-9H2,1-3H3. The van der Waals surface area contributed by atoms with Gasteiger partial charge in [-0.3, -0.25) is 0 Å². The molecule has 0 saturated heterocycles. The summed E-state index contributed by atoms with van der Waals surface area (Å²) in [6, 6.07) is 4.83. The van der Waals surface area contributed by atoms with Crippen LogP contribution >= 0.6 is 0 Å². The lowest BCUT2D eigenvalue weighted by Crippen LogP contribution is -2.09. The molecule has 0 bridgehead atoms. The molecule has 1 unspecified atom stereocenters. The summed E-state index contributed by atoms with van der Waals surface area (Å²) in [5.41, 5.74) is 0.904. The molecule has 0 aliphatic rings. The molecular weight excluding hydrogens is 205 g/mol. The third kappa shape index (κ3) is 4.19. The lowest BCUT2D eigenvalue weighted by atomic mass is 10.1. The molecule has 0 aliphatic carbocycles. The highest BCUT2D eigenvalue weighted by molar-refractivity contribution is 5.29. The summed E-state index contributed by atoms with van der Waals surface area (Å²) in [5.74, 6) is 0.869. The summed E-state index contributed by atoms with van der Waals surface area (Å²) in [7, 11) is 1.84. The van der Waals surface area contributed by atoms with Crippen molar-refractivity contribution < 1.29 is 9.13 Å². The second-order valence-corrected chi connectivity index (χ2v) is 4.15. The molecule has 1 aromatic carbocycles. The second-order valence-electron chi connectivity index (χ2n) is 4.15. The average Bonchev–Trinajstić information content (AvgIpc) is 2.25. The molecule has 0 amide bonds. The Morgan fingerprint density at radius 3 is 2.75 bits per heavy atom. The van der Waals surface area contributed by atoms with E-state index in [4.69, 9.17) is 4.74 Å². The minimum Gasteiger partial charge on any atom is -0.493 e. The van der Waals surface area contributed by atoms with E-state index < -0.39 is 0 Å². The zero-order valence-electron chi connectivity index (χ0n) is 10.2. The van der Waals surface area contributed by atoms with E-state index in [1.54, 1.807) is 0 Å². The highest BCUT2D eigenvalue weighted by Crippen LogP contribution is 2.17. The number of ether oxygens (including phenoxy) is 1. The Bertz CT molecular complexity index is 328. The van der Waals surface area contributed by atoms with Crippen LogP contribution in [0.2, 0.25) is 0 Å². The Kier molecular flexibility index (Phi) is 5.26. The zero-order valence-corrected chi connectivity index (χ0v) is 10.2. The summed E-state index contributed by atoms with van der Waals surface area (Å²) in [5, 5.41) is 2.99. The van der Waals surface area contributed by atoms with Crippen molar-refractivity contribution in [3.05, 3.63) is 29.6 Å². The first-order chi connectivity index (χ1) is 7.65. The maximum absolute atomic E-state index is 13.2. The van der Waals surface area contributed by atoms with E-state index in [-0.39, 0.29) is 5.82 Å². The summed E-state index contributed by atoms with van der Waals surface area (Å²) in [6.45, 7) is 5.52. The second kappa shape index (κ2) is 6.48. The molecule has 0 saturated carbocycles. The molecule has 90 valence electrons. The minimum absolute atomic E-state index is 0.244. The summed E-state index contributed by atoms with van der Waals surface area (Å²) < 4.78 is 18.8. The van der Waals surface area contributed by atoms with Gasteiger partial charge in [-0.05, 0) is 30.7 Å². The van der Waals surface area contributed by atoms with Gasteiger partial charge in [-0.15, -0.1) is 0 Å². The topological polar surface area (TPSA) is 21.3 Å². The Morgan fingerprint density at radius 2 is 2.12 bits per heavy atom. The third-order valence-electron chi connectivity index (χ3n) is 2.54. The van der Waals surface area contributed by atoms with Gasteiger partial charge in [0.2, 0.25) is 0 Å². The summed E-state index contributed by atoms with van der Waals surface area (Å²) in [4.78, 5) is 0. The van der Waals surface area contributed by atoms with Crippen LogP contribution in [0.25, 0.3) is 0 Å². The van der Waals surface area contributed by atoms with E-state index in [0.717, 1.165) is 12.0 Å². The van der Waals surface area contributed by atoms with Crippen LogP contribution in [0.4, 0.5) is 4.39 Å². The van der Waals surface area contributed by atoms with Crippen molar-refractivity contribution >= 4 is 0 Å². The predicted octanol–water partition coefficient (Wildman–Crippen LogP) is 2.97. The average molecular weight is 225 g/mol. The van der Waals surface area contributed by atoms with E-state index in [9.17, 15) is 4.39 Å². The Morgan fingerprint density at radius 1 is 1.38 bits per heavy atom. The lowest BCUT2D eigenvalue weighted by molar-refractivity contribution is 0.255. The molecular formula is C13H20FNO. The molecule has 0 radical (unpaired) electrons. The smallest absolute Gasteiger partial charge is 0.127 e. The van der Waals surface area contributed by atoms with Gasteiger partial charge in [-0.2, -0.15) is 0 Å². The summed E-state index contributed by atoms with van der Waals surface area (Å²) >= 11 is 0. The van der Waals surface area contributed by atoms with Crippen LogP contribution < -0.4 is 10.1 Å². The van der Waals surface area contributed by atoms with Gasteiger partial charge in [-0.25, -0.2) is 4.39 Å². The number of halogens is 1. The highest BCUT2D eigenvalue weighted by atomic mass is 19.1. The van der Waals surface area contributed by atoms with Crippen molar-refractivity contribution in [1.82, 2.24) is 5.32 Å². The van der Waals surface area contributed by atoms with Crippen molar-refractivity contribution in [3.8, 4) is 5.75 Å². The molecule has 1 rings (SSSR count). The maximum atomic E-state index is 13.2. The third-order valence-corrected chi connectivity index (χ3v) is 2.54. The van der Waals surface area contributed by atoms with E-state index in [2.05, 4.69) is 19.2 Å². The Labute approximate surface area is 96.8 Å². The number of rotatable bonds is 6. The normalized spacial score (nSPS) is 12.5. The lowest BCUT2D eigenvalue weighted by Gasteiger charge is -2.12. The molecule has 1 N–H and O–H groups in total. The predicted molar refractivity (Wildman–Crippen MR) is 64.1 cm³/mol. The van der Waals surface area contributed by atoms with E-state index in [1.807, 2.05) is 13.1 Å².